The normalized spacial score (nSPS) is 19.6. The molecule has 0 radical (unpaired) electrons. The Morgan fingerprint density at radius 3 is 2.36 bits per heavy atom. The minimum atomic E-state index is -0.110. The molecule has 3 atom stereocenters. The topological polar surface area (TPSA) is 18.5 Å². The molecule has 1 aromatic rings. The molecule has 0 fully saturated rings. The van der Waals surface area contributed by atoms with Gasteiger partial charge in [-0.05, 0) is 123 Å². The van der Waals surface area contributed by atoms with Crippen LogP contribution in [0, 0.1) is 26.7 Å². The summed E-state index contributed by atoms with van der Waals surface area (Å²) in [6, 6.07) is 0. The van der Waals surface area contributed by atoms with Crippen LogP contribution >= 0.6 is 9.47 Å². The van der Waals surface area contributed by atoms with Gasteiger partial charge in [-0.1, -0.05) is 41.9 Å². The molecule has 0 aromatic heterocycles. The van der Waals surface area contributed by atoms with Crippen molar-refractivity contribution in [3.8, 4) is 11.5 Å². The van der Waals surface area contributed by atoms with Gasteiger partial charge in [0.05, 0.1) is 9.47 Å². The smallest absolute Gasteiger partial charge is 0.129 e. The fourth-order valence-corrected chi connectivity index (χ4v) is 5.05. The minimum Gasteiger partial charge on any atom is -0.487 e. The molecule has 0 saturated heterocycles. The Morgan fingerprint density at radius 1 is 1.03 bits per heavy atom. The molecule has 0 N–H and O–H groups in total. The van der Waals surface area contributed by atoms with Crippen molar-refractivity contribution in [1.82, 2.24) is 0 Å². The Kier molecular flexibility index (Phi) is 10.3. The number of fused-ring (bicyclic) bond motifs is 1. The Balaban J connectivity index is 1.96. The lowest BCUT2D eigenvalue weighted by molar-refractivity contribution is 0.0559. The molecule has 2 unspecified atom stereocenters. The van der Waals surface area contributed by atoms with Crippen molar-refractivity contribution in [1.29, 1.82) is 0 Å². The van der Waals surface area contributed by atoms with E-state index in [9.17, 15) is 0 Å². The fourth-order valence-electron chi connectivity index (χ4n) is 4.70. The molecule has 0 bridgehead atoms. The van der Waals surface area contributed by atoms with E-state index in [1.165, 1.54) is 45.4 Å². The molecular weight excluding hydrogens is 423 g/mol. The first-order valence-corrected chi connectivity index (χ1v) is 13.1. The van der Waals surface area contributed by atoms with E-state index in [0.717, 1.165) is 50.0 Å². The number of ether oxygens (including phenoxy) is 1. The van der Waals surface area contributed by atoms with E-state index < -0.39 is 0 Å². The summed E-state index contributed by atoms with van der Waals surface area (Å²) < 4.78 is 12.3. The molecule has 0 saturated carbocycles. The maximum Gasteiger partial charge on any atom is 0.129 e. The van der Waals surface area contributed by atoms with Gasteiger partial charge in [-0.25, -0.2) is 0 Å². The van der Waals surface area contributed by atoms with Crippen molar-refractivity contribution in [3.63, 3.8) is 0 Å². The van der Waals surface area contributed by atoms with Gasteiger partial charge in [0.2, 0.25) is 0 Å². The number of allylic oxidation sites excluding steroid dienone is 6. The Labute approximate surface area is 206 Å². The molecule has 1 aliphatic heterocycles. The molecule has 3 heteroatoms. The third-order valence-electron chi connectivity index (χ3n) is 7.51. The number of hydrogen-bond acceptors (Lipinski definition) is 2. The van der Waals surface area contributed by atoms with Crippen molar-refractivity contribution in [3.05, 3.63) is 57.2 Å². The molecule has 0 aliphatic carbocycles. The van der Waals surface area contributed by atoms with E-state index in [-0.39, 0.29) is 5.60 Å². The second-order valence-electron chi connectivity index (χ2n) is 10.7. The average Bonchev–Trinajstić information content (AvgIpc) is 2.75. The largest absolute Gasteiger partial charge is 0.487 e. The van der Waals surface area contributed by atoms with Crippen molar-refractivity contribution in [2.24, 2.45) is 5.92 Å². The van der Waals surface area contributed by atoms with Crippen molar-refractivity contribution in [2.45, 2.75) is 113 Å². The average molecular weight is 471 g/mol. The summed E-state index contributed by atoms with van der Waals surface area (Å²) >= 11 is 0. The Morgan fingerprint density at radius 2 is 1.73 bits per heavy atom. The number of benzene rings is 1. The zero-order valence-corrected chi connectivity index (χ0v) is 23.8. The van der Waals surface area contributed by atoms with Crippen LogP contribution in [-0.4, -0.2) is 5.60 Å². The SMILES string of the molecule is CC(C)=CCC/C(C)=C/CC(C)/C(C)=C/CC[C@]1(C)CCc2c(C)c(OP)c(C)c(C)c2O1. The Bertz CT molecular complexity index is 918. The summed E-state index contributed by atoms with van der Waals surface area (Å²) in [4.78, 5) is 0. The third kappa shape index (κ3) is 7.48. The minimum absolute atomic E-state index is 0.110. The summed E-state index contributed by atoms with van der Waals surface area (Å²) in [7, 11) is 2.40. The maximum atomic E-state index is 6.68. The molecular formula is C30H47O2P. The summed E-state index contributed by atoms with van der Waals surface area (Å²) in [5.74, 6) is 2.66. The Hall–Kier alpha value is -1.53. The van der Waals surface area contributed by atoms with E-state index in [0.29, 0.717) is 5.92 Å². The zero-order valence-electron chi connectivity index (χ0n) is 22.7. The molecule has 0 amide bonds. The first-order chi connectivity index (χ1) is 15.5. The summed E-state index contributed by atoms with van der Waals surface area (Å²) in [5.41, 5.74) is 9.23. The summed E-state index contributed by atoms with van der Waals surface area (Å²) in [6.45, 7) is 20.0. The lowest BCUT2D eigenvalue weighted by Crippen LogP contribution is -2.37. The van der Waals surface area contributed by atoms with Gasteiger partial charge in [-0.3, -0.25) is 0 Å². The van der Waals surface area contributed by atoms with E-state index >= 15 is 0 Å². The molecule has 0 spiro atoms. The predicted octanol–water partition coefficient (Wildman–Crippen LogP) is 9.31. The van der Waals surface area contributed by atoms with E-state index in [1.807, 2.05) is 0 Å². The second-order valence-corrected chi connectivity index (χ2v) is 10.9. The van der Waals surface area contributed by atoms with Crippen molar-refractivity contribution in [2.75, 3.05) is 0 Å². The van der Waals surface area contributed by atoms with Gasteiger partial charge in [0.15, 0.2) is 0 Å². The standard InChI is InChI=1S/C30H47O2P/c1-20(2)12-10-13-21(3)15-16-23(5)22(4)14-11-18-30(9)19-17-27-26(8)28(32-33)24(6)25(7)29(27)31-30/h12,14-15,23H,10-11,13,16-19,33H2,1-9H3/b21-15+,22-14+/t23?,30-/m1/s1. The fraction of sp³-hybridized carbons (Fsp3) is 0.600. The van der Waals surface area contributed by atoms with Crippen LogP contribution in [0.3, 0.4) is 0 Å². The van der Waals surface area contributed by atoms with E-state index in [2.05, 4.69) is 90.0 Å². The molecule has 1 heterocycles. The number of rotatable bonds is 10. The number of hydrogen-bond donors (Lipinski definition) is 0. The lowest BCUT2D eigenvalue weighted by atomic mass is 9.84. The second kappa shape index (κ2) is 12.3. The molecule has 1 aliphatic rings. The molecule has 184 valence electrons. The highest BCUT2D eigenvalue weighted by molar-refractivity contribution is 7.10. The lowest BCUT2D eigenvalue weighted by Gasteiger charge is -2.38. The summed E-state index contributed by atoms with van der Waals surface area (Å²) in [5, 5.41) is 0. The van der Waals surface area contributed by atoms with Gasteiger partial charge >= 0.3 is 0 Å². The van der Waals surface area contributed by atoms with Crippen LogP contribution in [0.1, 0.15) is 102 Å². The van der Waals surface area contributed by atoms with Crippen molar-refractivity contribution < 1.29 is 9.26 Å². The van der Waals surface area contributed by atoms with Crippen LogP contribution in [0.2, 0.25) is 0 Å². The quantitative estimate of drug-likeness (QED) is 0.250. The van der Waals surface area contributed by atoms with Crippen molar-refractivity contribution >= 4 is 9.47 Å². The summed E-state index contributed by atoms with van der Waals surface area (Å²) in [6.07, 6.45) is 14.9. The highest BCUT2D eigenvalue weighted by Crippen LogP contribution is 2.45. The van der Waals surface area contributed by atoms with Crippen LogP contribution in [0.25, 0.3) is 0 Å². The molecule has 2 nitrogen and oxygen atoms in total. The molecule has 33 heavy (non-hydrogen) atoms. The van der Waals surface area contributed by atoms with Gasteiger partial charge < -0.3 is 9.26 Å². The van der Waals surface area contributed by atoms with Gasteiger partial charge in [0, 0.05) is 5.56 Å². The highest BCUT2D eigenvalue weighted by atomic mass is 31.0. The molecule has 1 aromatic carbocycles. The first-order valence-electron chi connectivity index (χ1n) is 12.6. The highest BCUT2D eigenvalue weighted by Gasteiger charge is 2.34. The predicted molar refractivity (Wildman–Crippen MR) is 148 cm³/mol. The molecule has 2 rings (SSSR count). The van der Waals surface area contributed by atoms with Crippen LogP contribution in [0.5, 0.6) is 11.5 Å². The monoisotopic (exact) mass is 470 g/mol. The van der Waals surface area contributed by atoms with Gasteiger partial charge in [0.1, 0.15) is 17.1 Å². The van der Waals surface area contributed by atoms with Crippen LogP contribution in [-0.2, 0) is 6.42 Å². The van der Waals surface area contributed by atoms with E-state index in [4.69, 9.17) is 9.26 Å². The van der Waals surface area contributed by atoms with Gasteiger partial charge in [-0.15, -0.1) is 0 Å². The maximum absolute atomic E-state index is 6.68. The van der Waals surface area contributed by atoms with Gasteiger partial charge in [0.25, 0.3) is 0 Å². The van der Waals surface area contributed by atoms with Gasteiger partial charge in [-0.2, -0.15) is 0 Å². The van der Waals surface area contributed by atoms with Crippen LogP contribution in [0.4, 0.5) is 0 Å². The third-order valence-corrected chi connectivity index (χ3v) is 7.74. The van der Waals surface area contributed by atoms with Crippen LogP contribution < -0.4 is 9.26 Å². The van der Waals surface area contributed by atoms with Crippen LogP contribution in [0.15, 0.2) is 34.9 Å². The zero-order chi connectivity index (χ0) is 24.8. The van der Waals surface area contributed by atoms with E-state index in [1.54, 1.807) is 0 Å². The first kappa shape index (κ1) is 27.7.